The predicted octanol–water partition coefficient (Wildman–Crippen LogP) is 5.22. The van der Waals surface area contributed by atoms with Crippen molar-refractivity contribution in [2.45, 2.75) is 25.0 Å². The van der Waals surface area contributed by atoms with E-state index in [-0.39, 0.29) is 18.0 Å². The lowest BCUT2D eigenvalue weighted by Gasteiger charge is -2.43. The smallest absolute Gasteiger partial charge is 0.123 e. The standard InChI is InChI=1S/C18H17BrFNO/c19-12-5-3-11(4-6-12)17-14-2-1-9-22-18(14)15-10-13(20)7-8-16(15)21-17/h3-8,10,14,17-18,21H,1-2,9H2. The second kappa shape index (κ2) is 5.67. The van der Waals surface area contributed by atoms with Crippen LogP contribution in [0.2, 0.25) is 0 Å². The molecule has 2 aromatic carbocycles. The van der Waals surface area contributed by atoms with E-state index in [9.17, 15) is 4.39 Å². The first-order valence-electron chi connectivity index (χ1n) is 7.65. The molecule has 0 spiro atoms. The van der Waals surface area contributed by atoms with Gasteiger partial charge in [-0.25, -0.2) is 4.39 Å². The van der Waals surface area contributed by atoms with Crippen LogP contribution in [0.25, 0.3) is 0 Å². The fraction of sp³-hybridized carbons (Fsp3) is 0.333. The van der Waals surface area contributed by atoms with Gasteiger partial charge in [-0.1, -0.05) is 28.1 Å². The second-order valence-electron chi connectivity index (χ2n) is 6.00. The van der Waals surface area contributed by atoms with E-state index >= 15 is 0 Å². The monoisotopic (exact) mass is 361 g/mol. The first kappa shape index (κ1) is 14.2. The van der Waals surface area contributed by atoms with Gasteiger partial charge in [-0.05, 0) is 48.7 Å². The highest BCUT2D eigenvalue weighted by molar-refractivity contribution is 9.10. The predicted molar refractivity (Wildman–Crippen MR) is 88.3 cm³/mol. The first-order valence-corrected chi connectivity index (χ1v) is 8.45. The molecule has 4 rings (SSSR count). The van der Waals surface area contributed by atoms with Crippen molar-refractivity contribution in [3.8, 4) is 0 Å². The molecule has 0 bridgehead atoms. The molecule has 2 nitrogen and oxygen atoms in total. The molecular formula is C18H17BrFNO. The van der Waals surface area contributed by atoms with Gasteiger partial charge in [0.2, 0.25) is 0 Å². The van der Waals surface area contributed by atoms with Crippen molar-refractivity contribution >= 4 is 21.6 Å². The summed E-state index contributed by atoms with van der Waals surface area (Å²) in [5, 5.41) is 3.60. The van der Waals surface area contributed by atoms with E-state index in [0.717, 1.165) is 35.2 Å². The summed E-state index contributed by atoms with van der Waals surface area (Å²) < 4.78 is 20.7. The Labute approximate surface area is 137 Å². The van der Waals surface area contributed by atoms with Crippen LogP contribution in [0.4, 0.5) is 10.1 Å². The molecule has 3 unspecified atom stereocenters. The second-order valence-corrected chi connectivity index (χ2v) is 6.92. The molecular weight excluding hydrogens is 345 g/mol. The molecule has 3 atom stereocenters. The van der Waals surface area contributed by atoms with Crippen molar-refractivity contribution in [3.05, 3.63) is 63.9 Å². The zero-order valence-corrected chi connectivity index (χ0v) is 13.6. The summed E-state index contributed by atoms with van der Waals surface area (Å²) in [5.41, 5.74) is 3.19. The summed E-state index contributed by atoms with van der Waals surface area (Å²) in [7, 11) is 0. The van der Waals surface area contributed by atoms with E-state index in [4.69, 9.17) is 4.74 Å². The minimum atomic E-state index is -0.199. The van der Waals surface area contributed by atoms with Crippen molar-refractivity contribution < 1.29 is 9.13 Å². The Kier molecular flexibility index (Phi) is 3.66. The molecule has 2 aromatic rings. The van der Waals surface area contributed by atoms with Gasteiger partial charge in [0.25, 0.3) is 0 Å². The molecule has 1 saturated heterocycles. The lowest BCUT2D eigenvalue weighted by Crippen LogP contribution is -2.36. The molecule has 2 aliphatic heterocycles. The van der Waals surface area contributed by atoms with Gasteiger partial charge in [-0.15, -0.1) is 0 Å². The third-order valence-corrected chi connectivity index (χ3v) is 5.19. The van der Waals surface area contributed by atoms with E-state index in [2.05, 4.69) is 45.5 Å². The molecule has 1 fully saturated rings. The normalized spacial score (nSPS) is 26.7. The Balaban J connectivity index is 1.77. The number of nitrogens with one attached hydrogen (secondary N) is 1. The van der Waals surface area contributed by atoms with Crippen LogP contribution in [0, 0.1) is 11.7 Å². The molecule has 4 heteroatoms. The lowest BCUT2D eigenvalue weighted by molar-refractivity contribution is -0.0382. The quantitative estimate of drug-likeness (QED) is 0.751. The fourth-order valence-corrected chi connectivity index (χ4v) is 3.91. The maximum atomic E-state index is 13.6. The lowest BCUT2D eigenvalue weighted by atomic mass is 9.77. The zero-order chi connectivity index (χ0) is 15.1. The average Bonchev–Trinajstić information content (AvgIpc) is 2.55. The molecule has 0 aromatic heterocycles. The van der Waals surface area contributed by atoms with E-state index in [1.54, 1.807) is 6.07 Å². The summed E-state index contributed by atoms with van der Waals surface area (Å²) in [6.07, 6.45) is 2.13. The van der Waals surface area contributed by atoms with Gasteiger partial charge in [-0.2, -0.15) is 0 Å². The Bertz CT molecular complexity index is 688. The Hall–Kier alpha value is -1.39. The molecule has 1 N–H and O–H groups in total. The summed E-state index contributed by atoms with van der Waals surface area (Å²) in [5.74, 6) is 0.139. The highest BCUT2D eigenvalue weighted by Crippen LogP contribution is 2.49. The van der Waals surface area contributed by atoms with Gasteiger partial charge < -0.3 is 10.1 Å². The molecule has 2 aliphatic rings. The third kappa shape index (κ3) is 2.44. The Morgan fingerprint density at radius 2 is 1.95 bits per heavy atom. The van der Waals surface area contributed by atoms with Crippen molar-refractivity contribution in [2.75, 3.05) is 11.9 Å². The molecule has 0 saturated carbocycles. The zero-order valence-electron chi connectivity index (χ0n) is 12.1. The van der Waals surface area contributed by atoms with Crippen molar-refractivity contribution in [3.63, 3.8) is 0 Å². The summed E-state index contributed by atoms with van der Waals surface area (Å²) in [6, 6.07) is 13.6. The van der Waals surface area contributed by atoms with Crippen LogP contribution in [0.1, 0.15) is 36.1 Å². The van der Waals surface area contributed by atoms with Crippen molar-refractivity contribution in [1.82, 2.24) is 0 Å². The molecule has 22 heavy (non-hydrogen) atoms. The first-order chi connectivity index (χ1) is 10.7. The number of hydrogen-bond donors (Lipinski definition) is 1. The van der Waals surface area contributed by atoms with E-state index in [1.807, 2.05) is 6.07 Å². The van der Waals surface area contributed by atoms with Gasteiger partial charge in [0.15, 0.2) is 0 Å². The number of benzene rings is 2. The van der Waals surface area contributed by atoms with E-state index in [1.165, 1.54) is 11.6 Å². The summed E-state index contributed by atoms with van der Waals surface area (Å²) in [6.45, 7) is 0.754. The van der Waals surface area contributed by atoms with Crippen molar-refractivity contribution in [2.24, 2.45) is 5.92 Å². The summed E-state index contributed by atoms with van der Waals surface area (Å²) >= 11 is 3.49. The van der Waals surface area contributed by atoms with Gasteiger partial charge >= 0.3 is 0 Å². The van der Waals surface area contributed by atoms with Crippen LogP contribution >= 0.6 is 15.9 Å². The third-order valence-electron chi connectivity index (χ3n) is 4.66. The molecule has 0 radical (unpaired) electrons. The number of ether oxygens (including phenoxy) is 1. The molecule has 2 heterocycles. The van der Waals surface area contributed by atoms with Crippen LogP contribution in [0.5, 0.6) is 0 Å². The van der Waals surface area contributed by atoms with Crippen LogP contribution in [-0.4, -0.2) is 6.61 Å². The van der Waals surface area contributed by atoms with Gasteiger partial charge in [0.05, 0.1) is 12.1 Å². The SMILES string of the molecule is Fc1ccc2c(c1)C1OCCCC1C(c1ccc(Br)cc1)N2. The van der Waals surface area contributed by atoms with Crippen LogP contribution < -0.4 is 5.32 Å². The van der Waals surface area contributed by atoms with Crippen LogP contribution in [0.15, 0.2) is 46.9 Å². The van der Waals surface area contributed by atoms with Gasteiger partial charge in [-0.3, -0.25) is 0 Å². The minimum absolute atomic E-state index is 0.0191. The maximum absolute atomic E-state index is 13.6. The Morgan fingerprint density at radius 3 is 2.77 bits per heavy atom. The fourth-order valence-electron chi connectivity index (χ4n) is 3.64. The van der Waals surface area contributed by atoms with Crippen LogP contribution in [-0.2, 0) is 4.74 Å². The maximum Gasteiger partial charge on any atom is 0.123 e. The van der Waals surface area contributed by atoms with Crippen molar-refractivity contribution in [1.29, 1.82) is 0 Å². The highest BCUT2D eigenvalue weighted by Gasteiger charge is 2.39. The average molecular weight is 362 g/mol. The number of fused-ring (bicyclic) bond motifs is 3. The number of anilines is 1. The largest absolute Gasteiger partial charge is 0.378 e. The van der Waals surface area contributed by atoms with Crippen LogP contribution in [0.3, 0.4) is 0 Å². The molecule has 114 valence electrons. The number of hydrogen-bond acceptors (Lipinski definition) is 2. The highest BCUT2D eigenvalue weighted by atomic mass is 79.9. The molecule has 0 aliphatic carbocycles. The number of rotatable bonds is 1. The number of halogens is 2. The van der Waals surface area contributed by atoms with Gasteiger partial charge in [0, 0.05) is 28.2 Å². The van der Waals surface area contributed by atoms with E-state index in [0.29, 0.717) is 5.92 Å². The molecule has 0 amide bonds. The minimum Gasteiger partial charge on any atom is -0.378 e. The van der Waals surface area contributed by atoms with Gasteiger partial charge in [0.1, 0.15) is 5.82 Å². The summed E-state index contributed by atoms with van der Waals surface area (Å²) in [4.78, 5) is 0. The Morgan fingerprint density at radius 1 is 1.14 bits per heavy atom. The topological polar surface area (TPSA) is 21.3 Å². The van der Waals surface area contributed by atoms with E-state index < -0.39 is 0 Å².